The van der Waals surface area contributed by atoms with E-state index in [0.717, 1.165) is 52.2 Å². The highest BCUT2D eigenvalue weighted by Crippen LogP contribution is 2.32. The molecule has 0 fully saturated rings. The highest BCUT2D eigenvalue weighted by molar-refractivity contribution is 5.86. The van der Waals surface area contributed by atoms with Gasteiger partial charge in [0.1, 0.15) is 11.9 Å². The Morgan fingerprint density at radius 3 is 2.72 bits per heavy atom. The number of nitrogens with one attached hydrogen (secondary N) is 1. The van der Waals surface area contributed by atoms with Crippen molar-refractivity contribution in [2.75, 3.05) is 11.9 Å². The minimum atomic E-state index is 0.512. The summed E-state index contributed by atoms with van der Waals surface area (Å²) >= 11 is 0. The zero-order valence-electron chi connectivity index (χ0n) is 15.3. The molecule has 2 heterocycles. The van der Waals surface area contributed by atoms with Crippen molar-refractivity contribution in [1.29, 1.82) is 5.26 Å². The zero-order chi connectivity index (χ0) is 18.1. The molecule has 0 spiro atoms. The van der Waals surface area contributed by atoms with E-state index in [4.69, 9.17) is 4.98 Å². The predicted molar refractivity (Wildman–Crippen MR) is 104 cm³/mol. The Morgan fingerprint density at radius 1 is 1.36 bits per heavy atom. The maximum atomic E-state index is 9.76. The van der Waals surface area contributed by atoms with Gasteiger partial charge < -0.3 is 5.32 Å². The van der Waals surface area contributed by atoms with Gasteiger partial charge in [-0.05, 0) is 43.9 Å². The number of hydrogen-bond donors (Lipinski definition) is 1. The molecule has 0 bridgehead atoms. The van der Waals surface area contributed by atoms with Crippen LogP contribution in [-0.4, -0.2) is 15.9 Å². The van der Waals surface area contributed by atoms with Crippen molar-refractivity contribution in [2.45, 2.75) is 34.1 Å². The van der Waals surface area contributed by atoms with Crippen LogP contribution in [0.1, 0.15) is 37.5 Å². The first-order valence-electron chi connectivity index (χ1n) is 8.65. The molecule has 0 aliphatic carbocycles. The number of fused-ring (bicyclic) bond motifs is 3. The lowest BCUT2D eigenvalue weighted by Gasteiger charge is -2.20. The Kier molecular flexibility index (Phi) is 4.50. The number of benzene rings is 1. The van der Waals surface area contributed by atoms with Gasteiger partial charge in [0.25, 0.3) is 0 Å². The molecule has 0 aliphatic heterocycles. The maximum absolute atomic E-state index is 9.76. The van der Waals surface area contributed by atoms with Crippen molar-refractivity contribution in [3.63, 3.8) is 0 Å². The van der Waals surface area contributed by atoms with Crippen LogP contribution in [-0.2, 0) is 6.42 Å². The zero-order valence-corrected chi connectivity index (χ0v) is 15.3. The van der Waals surface area contributed by atoms with E-state index < -0.39 is 0 Å². The molecule has 2 aromatic heterocycles. The molecule has 0 amide bonds. The van der Waals surface area contributed by atoms with Gasteiger partial charge in [-0.2, -0.15) is 5.26 Å². The van der Waals surface area contributed by atoms with Crippen molar-refractivity contribution in [1.82, 2.24) is 9.38 Å². The molecule has 0 unspecified atom stereocenters. The van der Waals surface area contributed by atoms with Gasteiger partial charge in [0.2, 0.25) is 0 Å². The van der Waals surface area contributed by atoms with Crippen molar-refractivity contribution < 1.29 is 0 Å². The molecule has 1 aromatic carbocycles. The third-order valence-electron chi connectivity index (χ3n) is 4.39. The number of pyridine rings is 1. The van der Waals surface area contributed by atoms with E-state index in [1.165, 1.54) is 0 Å². The van der Waals surface area contributed by atoms with E-state index in [2.05, 4.69) is 42.3 Å². The Hall–Kier alpha value is -2.80. The minimum absolute atomic E-state index is 0.512. The number of hydrogen-bond acceptors (Lipinski definition) is 3. The van der Waals surface area contributed by atoms with Crippen molar-refractivity contribution in [2.24, 2.45) is 5.92 Å². The quantitative estimate of drug-likeness (QED) is 0.679. The van der Waals surface area contributed by atoms with Crippen molar-refractivity contribution in [3.8, 4) is 6.07 Å². The summed E-state index contributed by atoms with van der Waals surface area (Å²) in [6.45, 7) is 13.3. The molecule has 1 N–H and O–H groups in total. The highest BCUT2D eigenvalue weighted by atomic mass is 15.1. The molecular formula is C21H24N4. The Bertz CT molecular complexity index is 1000. The second kappa shape index (κ2) is 6.60. The van der Waals surface area contributed by atoms with Gasteiger partial charge in [0.05, 0.1) is 16.6 Å². The molecule has 128 valence electrons. The van der Waals surface area contributed by atoms with E-state index in [-0.39, 0.29) is 0 Å². The summed E-state index contributed by atoms with van der Waals surface area (Å²) in [5, 5.41) is 13.4. The third kappa shape index (κ3) is 2.98. The van der Waals surface area contributed by atoms with Gasteiger partial charge in [-0.25, -0.2) is 4.98 Å². The topological polar surface area (TPSA) is 53.1 Å². The molecule has 3 aromatic rings. The first kappa shape index (κ1) is 17.0. The number of imidazole rings is 1. The molecule has 3 rings (SSSR count). The predicted octanol–water partition coefficient (Wildman–Crippen LogP) is 4.85. The van der Waals surface area contributed by atoms with Gasteiger partial charge in [-0.3, -0.25) is 4.40 Å². The van der Waals surface area contributed by atoms with Gasteiger partial charge in [0.15, 0.2) is 5.65 Å². The fraction of sp³-hybridized carbons (Fsp3) is 0.333. The first-order valence-corrected chi connectivity index (χ1v) is 8.65. The van der Waals surface area contributed by atoms with Crippen LogP contribution in [0.25, 0.3) is 16.7 Å². The van der Waals surface area contributed by atoms with Crippen LogP contribution in [0.15, 0.2) is 36.4 Å². The fourth-order valence-corrected chi connectivity index (χ4v) is 3.19. The minimum Gasteiger partial charge on any atom is -0.371 e. The van der Waals surface area contributed by atoms with Gasteiger partial charge in [0, 0.05) is 12.1 Å². The second-order valence-corrected chi connectivity index (χ2v) is 7.11. The van der Waals surface area contributed by atoms with Crippen LogP contribution in [0.4, 0.5) is 5.82 Å². The van der Waals surface area contributed by atoms with Crippen LogP contribution in [0.2, 0.25) is 0 Å². The number of nitrogens with zero attached hydrogens (tertiary/aromatic N) is 3. The van der Waals surface area contributed by atoms with Crippen LogP contribution in [0.5, 0.6) is 0 Å². The molecular weight excluding hydrogens is 308 g/mol. The summed E-state index contributed by atoms with van der Waals surface area (Å²) in [5.41, 5.74) is 6.46. The lowest BCUT2D eigenvalue weighted by atomic mass is 9.99. The normalized spacial score (nSPS) is 11.2. The van der Waals surface area contributed by atoms with E-state index in [1.54, 1.807) is 0 Å². The third-order valence-corrected chi connectivity index (χ3v) is 4.39. The first-order chi connectivity index (χ1) is 11.9. The van der Waals surface area contributed by atoms with Gasteiger partial charge in [-0.1, -0.05) is 38.1 Å². The number of para-hydroxylation sites is 2. The standard InChI is InChI=1S/C21H24N4/c1-13(2)10-16-15(5)17(11-22)21-24-18-8-6-7-9-19(18)25(21)20(16)23-12-14(3)4/h6-9,14,23H,1,10,12H2,2-5H3. The number of rotatable bonds is 5. The fourth-order valence-electron chi connectivity index (χ4n) is 3.19. The van der Waals surface area contributed by atoms with Crippen LogP contribution in [0, 0.1) is 24.2 Å². The maximum Gasteiger partial charge on any atom is 0.157 e. The Labute approximate surface area is 148 Å². The van der Waals surface area contributed by atoms with Gasteiger partial charge in [-0.15, -0.1) is 0 Å². The Balaban J connectivity index is 2.43. The second-order valence-electron chi connectivity index (χ2n) is 7.11. The van der Waals surface area contributed by atoms with E-state index in [0.29, 0.717) is 11.5 Å². The summed E-state index contributed by atoms with van der Waals surface area (Å²) in [7, 11) is 0. The number of anilines is 1. The molecule has 0 saturated heterocycles. The van der Waals surface area contributed by atoms with E-state index in [1.807, 2.05) is 32.0 Å². The summed E-state index contributed by atoms with van der Waals surface area (Å²) in [5.74, 6) is 1.54. The van der Waals surface area contributed by atoms with Crippen molar-refractivity contribution in [3.05, 3.63) is 53.1 Å². The molecule has 0 atom stereocenters. The Morgan fingerprint density at radius 2 is 2.08 bits per heavy atom. The number of nitriles is 1. The van der Waals surface area contributed by atoms with Crippen molar-refractivity contribution >= 4 is 22.5 Å². The van der Waals surface area contributed by atoms with E-state index in [9.17, 15) is 5.26 Å². The number of aromatic nitrogens is 2. The summed E-state index contributed by atoms with van der Waals surface area (Å²) in [6, 6.07) is 10.4. The number of allylic oxidation sites excluding steroid dienone is 1. The van der Waals surface area contributed by atoms with Crippen LogP contribution >= 0.6 is 0 Å². The lowest BCUT2D eigenvalue weighted by Crippen LogP contribution is -2.15. The van der Waals surface area contributed by atoms with Gasteiger partial charge >= 0.3 is 0 Å². The summed E-state index contributed by atoms with van der Waals surface area (Å²) < 4.78 is 2.10. The lowest BCUT2D eigenvalue weighted by molar-refractivity contribution is 0.685. The summed E-state index contributed by atoms with van der Waals surface area (Å²) in [6.07, 6.45) is 0.739. The van der Waals surface area contributed by atoms with Crippen LogP contribution in [0.3, 0.4) is 0 Å². The highest BCUT2D eigenvalue weighted by Gasteiger charge is 2.20. The average Bonchev–Trinajstić information content (AvgIpc) is 2.93. The van der Waals surface area contributed by atoms with Crippen LogP contribution < -0.4 is 5.32 Å². The van der Waals surface area contributed by atoms with E-state index >= 15 is 0 Å². The SMILES string of the molecule is C=C(C)Cc1c(C)c(C#N)c2nc3ccccc3n2c1NCC(C)C. The molecule has 25 heavy (non-hydrogen) atoms. The molecule has 0 saturated carbocycles. The molecule has 0 radical (unpaired) electrons. The summed E-state index contributed by atoms with van der Waals surface area (Å²) in [4.78, 5) is 4.73. The average molecular weight is 332 g/mol. The molecule has 4 nitrogen and oxygen atoms in total. The monoisotopic (exact) mass is 332 g/mol. The molecule has 4 heteroatoms. The smallest absolute Gasteiger partial charge is 0.157 e. The largest absolute Gasteiger partial charge is 0.371 e. The molecule has 0 aliphatic rings.